The summed E-state index contributed by atoms with van der Waals surface area (Å²) in [5, 5.41) is 1.60. The summed E-state index contributed by atoms with van der Waals surface area (Å²) in [7, 11) is 0.156. The Morgan fingerprint density at radius 3 is 2.38 bits per heavy atom. The van der Waals surface area contributed by atoms with Gasteiger partial charge in [-0.05, 0) is 18.6 Å². The average molecular weight is 307 g/mol. The minimum atomic E-state index is -3.72. The van der Waals surface area contributed by atoms with Gasteiger partial charge in [-0.25, -0.2) is 0 Å². The Morgan fingerprint density at radius 2 is 1.71 bits per heavy atom. The number of anilines is 1. The summed E-state index contributed by atoms with van der Waals surface area (Å²) in [6.07, 6.45) is 1.63. The van der Waals surface area contributed by atoms with Crippen molar-refractivity contribution >= 4 is 26.6 Å². The van der Waals surface area contributed by atoms with E-state index in [9.17, 15) is 8.42 Å². The van der Waals surface area contributed by atoms with Gasteiger partial charge in [0.2, 0.25) is 0 Å². The number of hydrogen-bond donors (Lipinski definition) is 0. The fourth-order valence-electron chi connectivity index (χ4n) is 2.25. The zero-order valence-electron chi connectivity index (χ0n) is 12.7. The van der Waals surface area contributed by atoms with Gasteiger partial charge < -0.3 is 4.90 Å². The SMILES string of the molecule is CCCCOS(=O)(=O)c1cccc2c(N(C)C)cccc12. The Balaban J connectivity index is 2.53. The minimum Gasteiger partial charge on any atom is -0.377 e. The fourth-order valence-corrected chi connectivity index (χ4v) is 3.41. The Kier molecular flexibility index (Phi) is 4.85. The smallest absolute Gasteiger partial charge is 0.297 e. The molecule has 0 N–H and O–H groups in total. The first-order valence-corrected chi connectivity index (χ1v) is 8.46. The van der Waals surface area contributed by atoms with E-state index >= 15 is 0 Å². The summed E-state index contributed by atoms with van der Waals surface area (Å²) < 4.78 is 29.9. The molecular formula is C16H21NO3S. The number of hydrogen-bond acceptors (Lipinski definition) is 4. The van der Waals surface area contributed by atoms with Crippen molar-refractivity contribution in [2.45, 2.75) is 24.7 Å². The van der Waals surface area contributed by atoms with E-state index in [1.807, 2.05) is 50.2 Å². The molecule has 0 bridgehead atoms. The molecule has 0 saturated heterocycles. The fraction of sp³-hybridized carbons (Fsp3) is 0.375. The molecule has 0 atom stereocenters. The molecule has 0 saturated carbocycles. The third kappa shape index (κ3) is 3.36. The van der Waals surface area contributed by atoms with Crippen LogP contribution in [-0.4, -0.2) is 29.1 Å². The first-order valence-electron chi connectivity index (χ1n) is 7.06. The van der Waals surface area contributed by atoms with Crippen LogP contribution in [0.2, 0.25) is 0 Å². The molecular weight excluding hydrogens is 286 g/mol. The number of nitrogens with zero attached hydrogens (tertiary/aromatic N) is 1. The largest absolute Gasteiger partial charge is 0.377 e. The van der Waals surface area contributed by atoms with E-state index in [4.69, 9.17) is 4.18 Å². The van der Waals surface area contributed by atoms with Crippen LogP contribution in [0.4, 0.5) is 5.69 Å². The highest BCUT2D eigenvalue weighted by atomic mass is 32.2. The van der Waals surface area contributed by atoms with Crippen molar-refractivity contribution in [2.24, 2.45) is 0 Å². The molecule has 0 aliphatic heterocycles. The molecule has 2 aromatic rings. The highest BCUT2D eigenvalue weighted by molar-refractivity contribution is 7.87. The van der Waals surface area contributed by atoms with E-state index in [1.165, 1.54) is 0 Å². The highest BCUT2D eigenvalue weighted by Gasteiger charge is 2.19. The molecule has 0 aliphatic rings. The van der Waals surface area contributed by atoms with Crippen molar-refractivity contribution in [3.63, 3.8) is 0 Å². The van der Waals surface area contributed by atoms with Gasteiger partial charge in [-0.1, -0.05) is 37.6 Å². The van der Waals surface area contributed by atoms with Crippen LogP contribution in [0.3, 0.4) is 0 Å². The monoisotopic (exact) mass is 307 g/mol. The molecule has 114 valence electrons. The maximum absolute atomic E-state index is 12.4. The van der Waals surface area contributed by atoms with Gasteiger partial charge >= 0.3 is 0 Å². The second kappa shape index (κ2) is 6.45. The number of fused-ring (bicyclic) bond motifs is 1. The molecule has 2 aromatic carbocycles. The van der Waals surface area contributed by atoms with Crippen molar-refractivity contribution in [2.75, 3.05) is 25.6 Å². The first kappa shape index (κ1) is 15.8. The summed E-state index contributed by atoms with van der Waals surface area (Å²) >= 11 is 0. The first-order chi connectivity index (χ1) is 9.97. The third-order valence-corrected chi connectivity index (χ3v) is 4.72. The normalized spacial score (nSPS) is 11.8. The Labute approximate surface area is 126 Å². The van der Waals surface area contributed by atoms with Gasteiger partial charge in [-0.15, -0.1) is 0 Å². The summed E-state index contributed by atoms with van der Waals surface area (Å²) in [5.41, 5.74) is 0.984. The van der Waals surface area contributed by atoms with Crippen molar-refractivity contribution in [3.05, 3.63) is 36.4 Å². The predicted octanol–water partition coefficient (Wildman–Crippen LogP) is 3.41. The summed E-state index contributed by atoms with van der Waals surface area (Å²) in [5.74, 6) is 0. The van der Waals surface area contributed by atoms with Gasteiger partial charge in [0.1, 0.15) is 4.90 Å². The number of rotatable bonds is 6. The molecule has 21 heavy (non-hydrogen) atoms. The summed E-state index contributed by atoms with van der Waals surface area (Å²) in [4.78, 5) is 2.20. The van der Waals surface area contributed by atoms with E-state index < -0.39 is 10.1 Å². The van der Waals surface area contributed by atoms with Crippen LogP contribution in [0.1, 0.15) is 19.8 Å². The van der Waals surface area contributed by atoms with Gasteiger partial charge in [-0.3, -0.25) is 4.18 Å². The zero-order chi connectivity index (χ0) is 15.5. The van der Waals surface area contributed by atoms with Crippen LogP contribution in [0.15, 0.2) is 41.3 Å². The zero-order valence-corrected chi connectivity index (χ0v) is 13.5. The molecule has 0 spiro atoms. The van der Waals surface area contributed by atoms with E-state index in [1.54, 1.807) is 12.1 Å². The standard InChI is InChI=1S/C16H21NO3S/c1-4-5-12-20-21(18,19)16-11-7-8-13-14(16)9-6-10-15(13)17(2)3/h6-11H,4-5,12H2,1-3H3. The second-order valence-corrected chi connectivity index (χ2v) is 6.74. The van der Waals surface area contributed by atoms with E-state index in [0.29, 0.717) is 5.39 Å². The van der Waals surface area contributed by atoms with Gasteiger partial charge in [0.15, 0.2) is 0 Å². The molecule has 0 aliphatic carbocycles. The van der Waals surface area contributed by atoms with Gasteiger partial charge in [0.05, 0.1) is 6.61 Å². The Hall–Kier alpha value is -1.59. The summed E-state index contributed by atoms with van der Waals surface area (Å²) in [6.45, 7) is 2.22. The Morgan fingerprint density at radius 1 is 1.05 bits per heavy atom. The van der Waals surface area contributed by atoms with Gasteiger partial charge in [-0.2, -0.15) is 8.42 Å². The van der Waals surface area contributed by atoms with Crippen LogP contribution in [0.25, 0.3) is 10.8 Å². The lowest BCUT2D eigenvalue weighted by atomic mass is 10.1. The van der Waals surface area contributed by atoms with Crippen LogP contribution in [0, 0.1) is 0 Å². The van der Waals surface area contributed by atoms with Crippen LogP contribution >= 0.6 is 0 Å². The molecule has 2 rings (SSSR count). The third-order valence-electron chi connectivity index (χ3n) is 3.35. The predicted molar refractivity (Wildman–Crippen MR) is 86.3 cm³/mol. The lowest BCUT2D eigenvalue weighted by Gasteiger charge is -2.16. The molecule has 0 amide bonds. The van der Waals surface area contributed by atoms with Gasteiger partial charge in [0.25, 0.3) is 10.1 Å². The van der Waals surface area contributed by atoms with Crippen molar-refractivity contribution in [3.8, 4) is 0 Å². The van der Waals surface area contributed by atoms with Crippen LogP contribution in [0.5, 0.6) is 0 Å². The van der Waals surface area contributed by atoms with E-state index in [2.05, 4.69) is 0 Å². The van der Waals surface area contributed by atoms with Crippen molar-refractivity contribution in [1.82, 2.24) is 0 Å². The highest BCUT2D eigenvalue weighted by Crippen LogP contribution is 2.30. The van der Waals surface area contributed by atoms with Crippen molar-refractivity contribution < 1.29 is 12.6 Å². The van der Waals surface area contributed by atoms with Crippen LogP contribution in [-0.2, 0) is 14.3 Å². The number of unbranched alkanes of at least 4 members (excludes halogenated alkanes) is 1. The molecule has 0 unspecified atom stereocenters. The maximum atomic E-state index is 12.4. The summed E-state index contributed by atoms with van der Waals surface area (Å²) in [6, 6.07) is 10.9. The van der Waals surface area contributed by atoms with Crippen molar-refractivity contribution in [1.29, 1.82) is 0 Å². The Bertz CT molecular complexity index is 723. The van der Waals surface area contributed by atoms with Gasteiger partial charge in [0, 0.05) is 30.6 Å². The van der Waals surface area contributed by atoms with E-state index in [0.717, 1.165) is 23.9 Å². The number of benzene rings is 2. The quantitative estimate of drug-likeness (QED) is 0.606. The topological polar surface area (TPSA) is 46.6 Å². The van der Waals surface area contributed by atoms with E-state index in [-0.39, 0.29) is 11.5 Å². The minimum absolute atomic E-state index is 0.225. The van der Waals surface area contributed by atoms with Crippen LogP contribution < -0.4 is 4.90 Å². The molecule has 0 fully saturated rings. The second-order valence-electron chi connectivity index (χ2n) is 5.15. The lowest BCUT2D eigenvalue weighted by molar-refractivity contribution is 0.311. The molecule has 4 nitrogen and oxygen atoms in total. The lowest BCUT2D eigenvalue weighted by Crippen LogP contribution is -2.11. The maximum Gasteiger partial charge on any atom is 0.297 e. The molecule has 0 heterocycles. The molecule has 0 radical (unpaired) electrons. The molecule has 0 aromatic heterocycles. The molecule has 5 heteroatoms. The average Bonchev–Trinajstić information content (AvgIpc) is 2.46.